The van der Waals surface area contributed by atoms with Gasteiger partial charge in [-0.1, -0.05) is 6.92 Å². The Hall–Kier alpha value is -1.30. The summed E-state index contributed by atoms with van der Waals surface area (Å²) in [6, 6.07) is -0.344. The van der Waals surface area contributed by atoms with Crippen molar-refractivity contribution in [3.8, 4) is 0 Å². The average Bonchev–Trinajstić information content (AvgIpc) is 2.27. The zero-order chi connectivity index (χ0) is 13.9. The van der Waals surface area contributed by atoms with E-state index in [1.165, 1.54) is 6.92 Å². The fourth-order valence-corrected chi connectivity index (χ4v) is 1.95. The van der Waals surface area contributed by atoms with E-state index in [0.29, 0.717) is 19.5 Å². The molecule has 2 N–H and O–H groups in total. The molecule has 0 aliphatic carbocycles. The van der Waals surface area contributed by atoms with Crippen molar-refractivity contribution in [1.82, 2.24) is 10.2 Å². The molecule has 1 aliphatic heterocycles. The van der Waals surface area contributed by atoms with Crippen molar-refractivity contribution in [2.75, 3.05) is 13.1 Å². The van der Waals surface area contributed by atoms with Crippen molar-refractivity contribution < 1.29 is 19.4 Å². The fourth-order valence-electron chi connectivity index (χ4n) is 1.95. The van der Waals surface area contributed by atoms with Crippen molar-refractivity contribution in [2.45, 2.75) is 51.9 Å². The molecular weight excluding hydrogens is 236 g/mol. The highest BCUT2D eigenvalue weighted by Crippen LogP contribution is 2.14. The predicted molar refractivity (Wildman–Crippen MR) is 66.4 cm³/mol. The van der Waals surface area contributed by atoms with Gasteiger partial charge in [-0.3, -0.25) is 0 Å². The summed E-state index contributed by atoms with van der Waals surface area (Å²) in [7, 11) is 0. The first-order chi connectivity index (χ1) is 8.28. The third kappa shape index (κ3) is 3.35. The van der Waals surface area contributed by atoms with Gasteiger partial charge in [0.15, 0.2) is 0 Å². The van der Waals surface area contributed by atoms with Gasteiger partial charge in [0.05, 0.1) is 12.2 Å². The van der Waals surface area contributed by atoms with Crippen molar-refractivity contribution in [3.63, 3.8) is 0 Å². The van der Waals surface area contributed by atoms with Crippen LogP contribution < -0.4 is 5.32 Å². The number of nitrogens with one attached hydrogen (secondary N) is 1. The number of urea groups is 1. The van der Waals surface area contributed by atoms with E-state index >= 15 is 0 Å². The highest BCUT2D eigenvalue weighted by Gasteiger charge is 2.35. The number of nitrogens with zero attached hydrogens (tertiary/aromatic N) is 1. The quantitative estimate of drug-likeness (QED) is 0.793. The van der Waals surface area contributed by atoms with Gasteiger partial charge >= 0.3 is 12.0 Å². The van der Waals surface area contributed by atoms with E-state index < -0.39 is 11.5 Å². The van der Waals surface area contributed by atoms with Crippen molar-refractivity contribution in [2.24, 2.45) is 0 Å². The maximum absolute atomic E-state index is 12.1. The number of hydrogen-bond donors (Lipinski definition) is 2. The molecule has 1 saturated heterocycles. The van der Waals surface area contributed by atoms with Crippen LogP contribution >= 0.6 is 0 Å². The van der Waals surface area contributed by atoms with E-state index in [4.69, 9.17) is 9.84 Å². The molecule has 0 spiro atoms. The number of aliphatic carboxylic acids is 1. The predicted octanol–water partition coefficient (Wildman–Crippen LogP) is 1.06. The van der Waals surface area contributed by atoms with Gasteiger partial charge in [-0.05, 0) is 27.2 Å². The summed E-state index contributed by atoms with van der Waals surface area (Å²) in [6.45, 7) is 8.00. The number of ether oxygens (including phenoxy) is 1. The van der Waals surface area contributed by atoms with Gasteiger partial charge in [0.1, 0.15) is 5.54 Å². The van der Waals surface area contributed by atoms with Crippen LogP contribution in [0.2, 0.25) is 0 Å². The second kappa shape index (κ2) is 5.56. The normalized spacial score (nSPS) is 27.4. The minimum atomic E-state index is -1.22. The van der Waals surface area contributed by atoms with Gasteiger partial charge in [0.25, 0.3) is 0 Å². The summed E-state index contributed by atoms with van der Waals surface area (Å²) in [5.41, 5.74) is -1.22. The molecule has 0 aromatic carbocycles. The Morgan fingerprint density at radius 2 is 1.89 bits per heavy atom. The van der Waals surface area contributed by atoms with Crippen LogP contribution in [0.3, 0.4) is 0 Å². The zero-order valence-electron chi connectivity index (χ0n) is 11.4. The standard InChI is InChI=1S/C12H22N2O4/c1-5-12(4,10(15)16)13-11(17)14-6-8(2)18-9(3)7-14/h8-9H,5-7H2,1-4H3,(H,13,17)(H,15,16)/t8-,9+,12?. The summed E-state index contributed by atoms with van der Waals surface area (Å²) < 4.78 is 5.53. The number of rotatable bonds is 3. The number of carbonyl (C=O) groups is 2. The number of hydrogen-bond acceptors (Lipinski definition) is 3. The Labute approximate surface area is 107 Å². The monoisotopic (exact) mass is 258 g/mol. The molecular formula is C12H22N2O4. The van der Waals surface area contributed by atoms with Crippen molar-refractivity contribution >= 4 is 12.0 Å². The molecule has 1 unspecified atom stereocenters. The molecule has 6 heteroatoms. The van der Waals surface area contributed by atoms with Crippen molar-refractivity contribution in [3.05, 3.63) is 0 Å². The second-order valence-electron chi connectivity index (χ2n) is 5.08. The molecule has 0 bridgehead atoms. The van der Waals surface area contributed by atoms with Crippen LogP contribution in [0.1, 0.15) is 34.1 Å². The Morgan fingerprint density at radius 3 is 2.28 bits per heavy atom. The third-order valence-electron chi connectivity index (χ3n) is 3.27. The summed E-state index contributed by atoms with van der Waals surface area (Å²) in [6.07, 6.45) is 0.276. The van der Waals surface area contributed by atoms with Crippen LogP contribution in [0.25, 0.3) is 0 Å². The maximum atomic E-state index is 12.1. The topological polar surface area (TPSA) is 78.9 Å². The third-order valence-corrected chi connectivity index (χ3v) is 3.27. The van der Waals surface area contributed by atoms with Crippen molar-refractivity contribution in [1.29, 1.82) is 0 Å². The van der Waals surface area contributed by atoms with E-state index in [0.717, 1.165) is 0 Å². The van der Waals surface area contributed by atoms with Crippen LogP contribution in [0.15, 0.2) is 0 Å². The summed E-state index contributed by atoms with van der Waals surface area (Å²) >= 11 is 0. The number of carboxylic acids is 1. The largest absolute Gasteiger partial charge is 0.480 e. The molecule has 0 radical (unpaired) electrons. The van der Waals surface area contributed by atoms with Crippen LogP contribution in [-0.4, -0.2) is 52.8 Å². The highest BCUT2D eigenvalue weighted by atomic mass is 16.5. The Balaban J connectivity index is 2.67. The Morgan fingerprint density at radius 1 is 1.39 bits per heavy atom. The average molecular weight is 258 g/mol. The molecule has 1 fully saturated rings. The molecule has 0 saturated carbocycles. The highest BCUT2D eigenvalue weighted by molar-refractivity contribution is 5.85. The first-order valence-corrected chi connectivity index (χ1v) is 6.24. The van der Waals surface area contributed by atoms with E-state index in [-0.39, 0.29) is 18.2 Å². The smallest absolute Gasteiger partial charge is 0.329 e. The van der Waals surface area contributed by atoms with Gasteiger partial charge in [0, 0.05) is 13.1 Å². The van der Waals surface area contributed by atoms with Crippen LogP contribution in [-0.2, 0) is 9.53 Å². The van der Waals surface area contributed by atoms with E-state index in [2.05, 4.69) is 5.32 Å². The number of carboxylic acid groups (broad SMARTS) is 1. The first kappa shape index (κ1) is 14.8. The van der Waals surface area contributed by atoms with Crippen LogP contribution in [0.4, 0.5) is 4.79 Å². The van der Waals surface area contributed by atoms with Gasteiger partial charge in [-0.25, -0.2) is 9.59 Å². The summed E-state index contributed by atoms with van der Waals surface area (Å²) in [5, 5.41) is 11.7. The number of carbonyl (C=O) groups excluding carboxylic acids is 1. The summed E-state index contributed by atoms with van der Waals surface area (Å²) in [4.78, 5) is 24.8. The molecule has 2 amide bonds. The molecule has 18 heavy (non-hydrogen) atoms. The zero-order valence-corrected chi connectivity index (χ0v) is 11.4. The molecule has 0 aromatic heterocycles. The first-order valence-electron chi connectivity index (χ1n) is 6.24. The lowest BCUT2D eigenvalue weighted by Gasteiger charge is -2.37. The molecule has 1 aliphatic rings. The molecule has 0 aromatic rings. The van der Waals surface area contributed by atoms with Gasteiger partial charge in [0.2, 0.25) is 0 Å². The molecule has 1 rings (SSSR count). The van der Waals surface area contributed by atoms with E-state index in [1.54, 1.807) is 11.8 Å². The SMILES string of the molecule is CCC(C)(NC(=O)N1C[C@@H](C)O[C@@H](C)C1)C(=O)O. The summed E-state index contributed by atoms with van der Waals surface area (Å²) in [5.74, 6) is -1.02. The maximum Gasteiger partial charge on any atom is 0.329 e. The minimum absolute atomic E-state index is 0.0304. The second-order valence-corrected chi connectivity index (χ2v) is 5.08. The molecule has 6 nitrogen and oxygen atoms in total. The lowest BCUT2D eigenvalue weighted by atomic mass is 9.99. The van der Waals surface area contributed by atoms with E-state index in [9.17, 15) is 9.59 Å². The van der Waals surface area contributed by atoms with Gasteiger partial charge < -0.3 is 20.1 Å². The number of morpholine rings is 1. The molecule has 3 atom stereocenters. The Bertz CT molecular complexity index is 324. The van der Waals surface area contributed by atoms with Gasteiger partial charge in [-0.2, -0.15) is 0 Å². The van der Waals surface area contributed by atoms with Crippen LogP contribution in [0.5, 0.6) is 0 Å². The lowest BCUT2D eigenvalue weighted by molar-refractivity contribution is -0.144. The van der Waals surface area contributed by atoms with E-state index in [1.807, 2.05) is 13.8 Å². The number of amides is 2. The molecule has 1 heterocycles. The molecule has 104 valence electrons. The lowest BCUT2D eigenvalue weighted by Crippen LogP contribution is -2.59. The fraction of sp³-hybridized carbons (Fsp3) is 0.833. The van der Waals surface area contributed by atoms with Gasteiger partial charge in [-0.15, -0.1) is 0 Å². The Kier molecular flexibility index (Phi) is 4.56. The minimum Gasteiger partial charge on any atom is -0.480 e. The van der Waals surface area contributed by atoms with Crippen LogP contribution in [0, 0.1) is 0 Å².